The zero-order valence-electron chi connectivity index (χ0n) is 9.99. The number of aromatic nitrogens is 2. The minimum Gasteiger partial charge on any atom is -0.383 e. The molecule has 2 aromatic rings. The molecule has 2 N–H and O–H groups in total. The molecule has 1 saturated heterocycles. The third-order valence-electron chi connectivity index (χ3n) is 3.29. The fourth-order valence-corrected chi connectivity index (χ4v) is 4.47. The van der Waals surface area contributed by atoms with Gasteiger partial charge in [0.1, 0.15) is 16.5 Å². The number of nitrogens with two attached hydrogens (primary N) is 1. The van der Waals surface area contributed by atoms with Gasteiger partial charge in [0, 0.05) is 4.88 Å². The van der Waals surface area contributed by atoms with E-state index in [9.17, 15) is 0 Å². The highest BCUT2D eigenvalue weighted by Crippen LogP contribution is 2.40. The molecule has 0 aliphatic carbocycles. The maximum atomic E-state index is 6.09. The number of thioether (sulfide) groups is 1. The Bertz CT molecular complexity index is 571. The van der Waals surface area contributed by atoms with E-state index >= 15 is 0 Å². The Morgan fingerprint density at radius 1 is 1.29 bits per heavy atom. The Morgan fingerprint density at radius 2 is 2.12 bits per heavy atom. The van der Waals surface area contributed by atoms with Crippen LogP contribution in [0.1, 0.15) is 34.4 Å². The van der Waals surface area contributed by atoms with E-state index < -0.39 is 0 Å². The summed E-state index contributed by atoms with van der Waals surface area (Å²) < 4.78 is 0. The van der Waals surface area contributed by atoms with Crippen molar-refractivity contribution in [2.75, 3.05) is 11.5 Å². The standard InChI is InChI=1S/C12H15N3S2/c1-6-7(2)17-12-9(6)10(13)14-11(15-12)8-4-3-5-16-8/h8H,3-5H2,1-2H3,(H2,13,14,15). The van der Waals surface area contributed by atoms with Crippen molar-refractivity contribution in [2.45, 2.75) is 31.9 Å². The minimum atomic E-state index is 0.449. The van der Waals surface area contributed by atoms with E-state index in [4.69, 9.17) is 10.7 Å². The van der Waals surface area contributed by atoms with Gasteiger partial charge in [-0.15, -0.1) is 11.3 Å². The molecule has 1 aliphatic heterocycles. The number of nitrogens with zero attached hydrogens (tertiary/aromatic N) is 2. The van der Waals surface area contributed by atoms with Crippen LogP contribution in [0.25, 0.3) is 10.2 Å². The molecule has 1 unspecified atom stereocenters. The van der Waals surface area contributed by atoms with Crippen molar-refractivity contribution in [3.63, 3.8) is 0 Å². The van der Waals surface area contributed by atoms with E-state index in [1.807, 2.05) is 11.8 Å². The average Bonchev–Trinajstić information content (AvgIpc) is 2.88. The zero-order chi connectivity index (χ0) is 12.0. The van der Waals surface area contributed by atoms with E-state index in [1.54, 1.807) is 11.3 Å². The number of fused-ring (bicyclic) bond motifs is 1. The first-order chi connectivity index (χ1) is 8.16. The molecule has 2 aromatic heterocycles. The summed E-state index contributed by atoms with van der Waals surface area (Å²) in [7, 11) is 0. The summed E-state index contributed by atoms with van der Waals surface area (Å²) in [6, 6.07) is 0. The molecule has 1 atom stereocenters. The van der Waals surface area contributed by atoms with Gasteiger partial charge in [-0.3, -0.25) is 0 Å². The van der Waals surface area contributed by atoms with Crippen LogP contribution in [0.3, 0.4) is 0 Å². The molecule has 17 heavy (non-hydrogen) atoms. The molecular formula is C12H15N3S2. The number of rotatable bonds is 1. The highest BCUT2D eigenvalue weighted by Gasteiger charge is 2.22. The second-order valence-electron chi connectivity index (χ2n) is 4.43. The van der Waals surface area contributed by atoms with Gasteiger partial charge in [0.15, 0.2) is 0 Å². The first kappa shape index (κ1) is 11.3. The third-order valence-corrected chi connectivity index (χ3v) is 5.77. The predicted octanol–water partition coefficient (Wildman–Crippen LogP) is 3.46. The summed E-state index contributed by atoms with van der Waals surface area (Å²) in [5.74, 6) is 2.80. The predicted molar refractivity (Wildman–Crippen MR) is 75.7 cm³/mol. The first-order valence-corrected chi connectivity index (χ1v) is 7.68. The lowest BCUT2D eigenvalue weighted by Crippen LogP contribution is -2.02. The molecule has 1 aliphatic rings. The van der Waals surface area contributed by atoms with E-state index in [-0.39, 0.29) is 0 Å². The van der Waals surface area contributed by atoms with Gasteiger partial charge in [-0.05, 0) is 38.0 Å². The van der Waals surface area contributed by atoms with E-state index in [0.717, 1.165) is 16.0 Å². The summed E-state index contributed by atoms with van der Waals surface area (Å²) in [6.45, 7) is 4.21. The third kappa shape index (κ3) is 1.81. The SMILES string of the molecule is Cc1sc2nc(C3CCCS3)nc(N)c2c1C. The van der Waals surface area contributed by atoms with Crippen LogP contribution >= 0.6 is 23.1 Å². The number of thiophene rings is 1. The molecule has 1 fully saturated rings. The quantitative estimate of drug-likeness (QED) is 0.858. The molecule has 0 saturated carbocycles. The van der Waals surface area contributed by atoms with Crippen LogP contribution in [0.15, 0.2) is 0 Å². The van der Waals surface area contributed by atoms with Crippen molar-refractivity contribution in [3.8, 4) is 0 Å². The Labute approximate surface area is 109 Å². The highest BCUT2D eigenvalue weighted by atomic mass is 32.2. The van der Waals surface area contributed by atoms with E-state index in [1.165, 1.54) is 29.0 Å². The molecule has 3 heterocycles. The monoisotopic (exact) mass is 265 g/mol. The Balaban J connectivity index is 2.16. The van der Waals surface area contributed by atoms with Gasteiger partial charge < -0.3 is 5.73 Å². The van der Waals surface area contributed by atoms with Crippen molar-refractivity contribution < 1.29 is 0 Å². The average molecular weight is 265 g/mol. The van der Waals surface area contributed by atoms with Crippen LogP contribution in [0, 0.1) is 13.8 Å². The summed E-state index contributed by atoms with van der Waals surface area (Å²) in [5, 5.41) is 1.50. The van der Waals surface area contributed by atoms with Gasteiger partial charge in [0.25, 0.3) is 0 Å². The van der Waals surface area contributed by atoms with E-state index in [0.29, 0.717) is 11.1 Å². The van der Waals surface area contributed by atoms with Crippen LogP contribution < -0.4 is 5.73 Å². The summed E-state index contributed by atoms with van der Waals surface area (Å²) in [5.41, 5.74) is 7.31. The maximum Gasteiger partial charge on any atom is 0.145 e. The Kier molecular flexibility index (Phi) is 2.75. The van der Waals surface area contributed by atoms with Gasteiger partial charge in [-0.2, -0.15) is 11.8 Å². The van der Waals surface area contributed by atoms with Crippen molar-refractivity contribution in [1.82, 2.24) is 9.97 Å². The van der Waals surface area contributed by atoms with Crippen LogP contribution in [0.2, 0.25) is 0 Å². The van der Waals surface area contributed by atoms with Gasteiger partial charge in [-0.25, -0.2) is 9.97 Å². The van der Waals surface area contributed by atoms with Gasteiger partial charge in [0.05, 0.1) is 10.6 Å². The fourth-order valence-electron chi connectivity index (χ4n) is 2.22. The lowest BCUT2D eigenvalue weighted by molar-refractivity contribution is 0.785. The Morgan fingerprint density at radius 3 is 2.82 bits per heavy atom. The molecule has 0 amide bonds. The molecule has 0 radical (unpaired) electrons. The van der Waals surface area contributed by atoms with Gasteiger partial charge >= 0.3 is 0 Å². The molecule has 90 valence electrons. The van der Waals surface area contributed by atoms with Gasteiger partial charge in [0.2, 0.25) is 0 Å². The van der Waals surface area contributed by atoms with E-state index in [2.05, 4.69) is 18.8 Å². The maximum absolute atomic E-state index is 6.09. The van der Waals surface area contributed by atoms with Crippen molar-refractivity contribution in [3.05, 3.63) is 16.3 Å². The summed E-state index contributed by atoms with van der Waals surface area (Å²) >= 11 is 3.67. The highest BCUT2D eigenvalue weighted by molar-refractivity contribution is 7.99. The summed E-state index contributed by atoms with van der Waals surface area (Å²) in [4.78, 5) is 11.6. The van der Waals surface area contributed by atoms with Crippen LogP contribution in [0.5, 0.6) is 0 Å². The molecule has 0 spiro atoms. The van der Waals surface area contributed by atoms with Crippen LogP contribution in [-0.2, 0) is 0 Å². The Hall–Kier alpha value is -0.810. The lowest BCUT2D eigenvalue weighted by Gasteiger charge is -2.08. The minimum absolute atomic E-state index is 0.449. The number of hydrogen-bond acceptors (Lipinski definition) is 5. The summed E-state index contributed by atoms with van der Waals surface area (Å²) in [6.07, 6.45) is 2.44. The number of hydrogen-bond donors (Lipinski definition) is 1. The second-order valence-corrected chi connectivity index (χ2v) is 6.95. The van der Waals surface area contributed by atoms with Crippen molar-refractivity contribution in [1.29, 1.82) is 0 Å². The van der Waals surface area contributed by atoms with Crippen LogP contribution in [0.4, 0.5) is 5.82 Å². The molecule has 0 bridgehead atoms. The van der Waals surface area contributed by atoms with Crippen molar-refractivity contribution >= 4 is 39.1 Å². The lowest BCUT2D eigenvalue weighted by atomic mass is 10.2. The second kappa shape index (κ2) is 4.14. The molecule has 0 aromatic carbocycles. The number of aryl methyl sites for hydroxylation is 2. The molecule has 3 rings (SSSR count). The number of nitrogen functional groups attached to an aromatic ring is 1. The molecule has 3 nitrogen and oxygen atoms in total. The normalized spacial score (nSPS) is 20.2. The largest absolute Gasteiger partial charge is 0.383 e. The topological polar surface area (TPSA) is 51.8 Å². The van der Waals surface area contributed by atoms with Crippen molar-refractivity contribution in [2.24, 2.45) is 0 Å². The molecular weight excluding hydrogens is 250 g/mol. The number of anilines is 1. The first-order valence-electron chi connectivity index (χ1n) is 5.81. The van der Waals surface area contributed by atoms with Gasteiger partial charge in [-0.1, -0.05) is 0 Å². The zero-order valence-corrected chi connectivity index (χ0v) is 11.6. The fraction of sp³-hybridized carbons (Fsp3) is 0.500. The smallest absolute Gasteiger partial charge is 0.145 e. The van der Waals surface area contributed by atoms with Crippen LogP contribution in [-0.4, -0.2) is 15.7 Å². The molecule has 5 heteroatoms.